The summed E-state index contributed by atoms with van der Waals surface area (Å²) in [5.74, 6) is -0.494. The van der Waals surface area contributed by atoms with Crippen LogP contribution >= 0.6 is 0 Å². The molecule has 0 unspecified atom stereocenters. The fourth-order valence-corrected chi connectivity index (χ4v) is 4.08. The van der Waals surface area contributed by atoms with E-state index in [1.54, 1.807) is 4.90 Å². The number of benzene rings is 1. The quantitative estimate of drug-likeness (QED) is 0.845. The van der Waals surface area contributed by atoms with Crippen LogP contribution < -0.4 is 0 Å². The van der Waals surface area contributed by atoms with E-state index in [2.05, 4.69) is 0 Å². The molecule has 1 amide bonds. The SMILES string of the molecule is CCN(C(=O)c1ccc(F)cc1)[C@@H]1CCS(=O)(=O)C1. The van der Waals surface area contributed by atoms with E-state index in [1.165, 1.54) is 24.3 Å². The topological polar surface area (TPSA) is 54.5 Å². The van der Waals surface area contributed by atoms with Crippen LogP contribution in [0.25, 0.3) is 0 Å². The summed E-state index contributed by atoms with van der Waals surface area (Å²) in [5, 5.41) is 0. The van der Waals surface area contributed by atoms with Crippen LogP contribution in [0.5, 0.6) is 0 Å². The lowest BCUT2D eigenvalue weighted by molar-refractivity contribution is 0.0708. The van der Waals surface area contributed by atoms with Gasteiger partial charge in [-0.3, -0.25) is 4.79 Å². The van der Waals surface area contributed by atoms with Crippen molar-refractivity contribution in [3.63, 3.8) is 0 Å². The molecule has 1 saturated heterocycles. The van der Waals surface area contributed by atoms with Crippen molar-refractivity contribution in [2.24, 2.45) is 0 Å². The number of sulfone groups is 1. The maximum Gasteiger partial charge on any atom is 0.254 e. The third kappa shape index (κ3) is 3.12. The highest BCUT2D eigenvalue weighted by Gasteiger charge is 2.34. The van der Waals surface area contributed by atoms with Crippen molar-refractivity contribution < 1.29 is 17.6 Å². The van der Waals surface area contributed by atoms with Gasteiger partial charge in [0, 0.05) is 18.2 Å². The normalized spacial score (nSPS) is 21.3. The maximum atomic E-state index is 12.8. The summed E-state index contributed by atoms with van der Waals surface area (Å²) in [7, 11) is -3.03. The molecule has 0 aromatic heterocycles. The Morgan fingerprint density at radius 1 is 1.37 bits per heavy atom. The Morgan fingerprint density at radius 3 is 2.47 bits per heavy atom. The van der Waals surface area contributed by atoms with E-state index in [0.29, 0.717) is 18.5 Å². The van der Waals surface area contributed by atoms with Crippen molar-refractivity contribution in [3.8, 4) is 0 Å². The standard InChI is InChI=1S/C13H16FNO3S/c1-2-15(12-7-8-19(17,18)9-12)13(16)10-3-5-11(14)6-4-10/h3-6,12H,2,7-9H2,1H3/t12-/m1/s1. The van der Waals surface area contributed by atoms with Crippen LogP contribution in [0.15, 0.2) is 24.3 Å². The first kappa shape index (κ1) is 14.0. The summed E-state index contributed by atoms with van der Waals surface area (Å²) < 4.78 is 35.8. The first-order chi connectivity index (χ1) is 8.93. The second-order valence-corrected chi connectivity index (χ2v) is 6.88. The molecule has 0 N–H and O–H groups in total. The zero-order valence-electron chi connectivity index (χ0n) is 10.7. The van der Waals surface area contributed by atoms with Gasteiger partial charge in [0.05, 0.1) is 11.5 Å². The molecular weight excluding hydrogens is 269 g/mol. The van der Waals surface area contributed by atoms with Gasteiger partial charge >= 0.3 is 0 Å². The fraction of sp³-hybridized carbons (Fsp3) is 0.462. The van der Waals surface area contributed by atoms with Crippen molar-refractivity contribution in [1.29, 1.82) is 0 Å². The minimum atomic E-state index is -3.03. The first-order valence-electron chi connectivity index (χ1n) is 6.20. The lowest BCUT2D eigenvalue weighted by Gasteiger charge is -2.26. The molecule has 0 aliphatic carbocycles. The van der Waals surface area contributed by atoms with Crippen LogP contribution in [-0.4, -0.2) is 43.3 Å². The van der Waals surface area contributed by atoms with Gasteiger partial charge in [0.1, 0.15) is 5.82 Å². The van der Waals surface area contributed by atoms with Gasteiger partial charge in [-0.05, 0) is 37.6 Å². The molecule has 104 valence electrons. The number of nitrogens with zero attached hydrogens (tertiary/aromatic N) is 1. The molecule has 6 heteroatoms. The number of hydrogen-bond donors (Lipinski definition) is 0. The summed E-state index contributed by atoms with van der Waals surface area (Å²) in [5.41, 5.74) is 0.382. The van der Waals surface area contributed by atoms with Gasteiger partial charge in [0.25, 0.3) is 5.91 Å². The Balaban J connectivity index is 2.18. The zero-order valence-corrected chi connectivity index (χ0v) is 11.5. The molecule has 1 aromatic rings. The summed E-state index contributed by atoms with van der Waals surface area (Å²) in [4.78, 5) is 13.8. The van der Waals surface area contributed by atoms with E-state index in [0.717, 1.165) is 0 Å². The van der Waals surface area contributed by atoms with E-state index in [4.69, 9.17) is 0 Å². The van der Waals surface area contributed by atoms with Crippen LogP contribution in [0, 0.1) is 5.82 Å². The van der Waals surface area contributed by atoms with Crippen molar-refractivity contribution in [1.82, 2.24) is 4.90 Å². The number of carbonyl (C=O) groups excluding carboxylic acids is 1. The summed E-state index contributed by atoms with van der Waals surface area (Å²) in [6, 6.07) is 5.03. The monoisotopic (exact) mass is 285 g/mol. The summed E-state index contributed by atoms with van der Waals surface area (Å²) >= 11 is 0. The average molecular weight is 285 g/mol. The predicted octanol–water partition coefficient (Wildman–Crippen LogP) is 1.47. The molecule has 1 heterocycles. The van der Waals surface area contributed by atoms with Crippen molar-refractivity contribution in [3.05, 3.63) is 35.6 Å². The Kier molecular flexibility index (Phi) is 3.89. The maximum absolute atomic E-state index is 12.8. The highest BCUT2D eigenvalue weighted by Crippen LogP contribution is 2.20. The summed E-state index contributed by atoms with van der Waals surface area (Å²) in [6.45, 7) is 2.25. The number of carbonyl (C=O) groups is 1. The van der Waals surface area contributed by atoms with E-state index in [-0.39, 0.29) is 23.5 Å². The van der Waals surface area contributed by atoms with Crippen LogP contribution in [0.1, 0.15) is 23.7 Å². The molecule has 0 saturated carbocycles. The number of hydrogen-bond acceptors (Lipinski definition) is 3. The van der Waals surface area contributed by atoms with E-state index in [9.17, 15) is 17.6 Å². The largest absolute Gasteiger partial charge is 0.335 e. The van der Waals surface area contributed by atoms with Crippen LogP contribution in [0.2, 0.25) is 0 Å². The highest BCUT2D eigenvalue weighted by molar-refractivity contribution is 7.91. The molecule has 4 nitrogen and oxygen atoms in total. The van der Waals surface area contributed by atoms with Gasteiger partial charge in [0.2, 0.25) is 0 Å². The molecule has 1 atom stereocenters. The molecule has 1 aliphatic rings. The molecule has 1 aromatic carbocycles. The van der Waals surface area contributed by atoms with Gasteiger partial charge in [-0.25, -0.2) is 12.8 Å². The average Bonchev–Trinajstić information content (AvgIpc) is 2.71. The first-order valence-corrected chi connectivity index (χ1v) is 8.02. The lowest BCUT2D eigenvalue weighted by Crippen LogP contribution is -2.40. The van der Waals surface area contributed by atoms with E-state index < -0.39 is 15.7 Å². The van der Waals surface area contributed by atoms with Crippen LogP contribution in [-0.2, 0) is 9.84 Å². The lowest BCUT2D eigenvalue weighted by atomic mass is 10.1. The molecule has 19 heavy (non-hydrogen) atoms. The number of amides is 1. The molecular formula is C13H16FNO3S. The molecule has 1 fully saturated rings. The van der Waals surface area contributed by atoms with Gasteiger partial charge in [0.15, 0.2) is 9.84 Å². The van der Waals surface area contributed by atoms with E-state index in [1.807, 2.05) is 6.92 Å². The minimum absolute atomic E-state index is 0.0216. The Bertz CT molecular complexity index is 568. The summed E-state index contributed by atoms with van der Waals surface area (Å²) in [6.07, 6.45) is 0.475. The third-order valence-corrected chi connectivity index (χ3v) is 5.09. The van der Waals surface area contributed by atoms with Crippen molar-refractivity contribution in [2.75, 3.05) is 18.1 Å². The van der Waals surface area contributed by atoms with Crippen LogP contribution in [0.4, 0.5) is 4.39 Å². The van der Waals surface area contributed by atoms with Crippen molar-refractivity contribution >= 4 is 15.7 Å². The number of rotatable bonds is 3. The van der Waals surface area contributed by atoms with Gasteiger partial charge in [-0.2, -0.15) is 0 Å². The minimum Gasteiger partial charge on any atom is -0.335 e. The second-order valence-electron chi connectivity index (χ2n) is 4.65. The predicted molar refractivity (Wildman–Crippen MR) is 70.2 cm³/mol. The Morgan fingerprint density at radius 2 is 2.00 bits per heavy atom. The molecule has 0 bridgehead atoms. The van der Waals surface area contributed by atoms with Crippen molar-refractivity contribution in [2.45, 2.75) is 19.4 Å². The molecule has 2 rings (SSSR count). The smallest absolute Gasteiger partial charge is 0.254 e. The Labute approximate surface area is 112 Å². The third-order valence-electron chi connectivity index (χ3n) is 3.34. The molecule has 0 radical (unpaired) electrons. The van der Waals surface area contributed by atoms with Gasteiger partial charge < -0.3 is 4.90 Å². The second kappa shape index (κ2) is 5.28. The molecule has 1 aliphatic heterocycles. The Hall–Kier alpha value is -1.43. The van der Waals surface area contributed by atoms with Gasteiger partial charge in [-0.15, -0.1) is 0 Å². The van der Waals surface area contributed by atoms with Crippen LogP contribution in [0.3, 0.4) is 0 Å². The highest BCUT2D eigenvalue weighted by atomic mass is 32.2. The molecule has 0 spiro atoms. The fourth-order valence-electron chi connectivity index (χ4n) is 2.35. The zero-order chi connectivity index (χ0) is 14.0. The number of halogens is 1. The van der Waals surface area contributed by atoms with E-state index >= 15 is 0 Å². The van der Waals surface area contributed by atoms with Gasteiger partial charge in [-0.1, -0.05) is 0 Å².